The summed E-state index contributed by atoms with van der Waals surface area (Å²) in [7, 11) is 0. The molecule has 1 aromatic heterocycles. The van der Waals surface area contributed by atoms with Crippen LogP contribution in [0, 0.1) is 5.92 Å². The quantitative estimate of drug-likeness (QED) is 0.197. The SMILES string of the molecule is CC(C)(C)c1ccc2c(c1)C(c1ccc(-c3cccc4c3oc3ccccc34)cc1)(C1C=CC=CC1)c1cc(C(C)(C)C)ccc1-2. The number of allylic oxidation sites excluding steroid dienone is 4. The summed E-state index contributed by atoms with van der Waals surface area (Å²) < 4.78 is 6.45. The summed E-state index contributed by atoms with van der Waals surface area (Å²) in [6.07, 6.45) is 10.3. The lowest BCUT2D eigenvalue weighted by Gasteiger charge is -2.40. The first-order valence-electron chi connectivity index (χ1n) is 16.7. The third-order valence-corrected chi connectivity index (χ3v) is 10.5. The van der Waals surface area contributed by atoms with E-state index in [1.54, 1.807) is 0 Å². The smallest absolute Gasteiger partial charge is 0.143 e. The summed E-state index contributed by atoms with van der Waals surface area (Å²) >= 11 is 0. The van der Waals surface area contributed by atoms with Crippen LogP contribution in [-0.4, -0.2) is 0 Å². The Morgan fingerprint density at radius 3 is 1.85 bits per heavy atom. The molecule has 1 heteroatoms. The van der Waals surface area contributed by atoms with Crippen molar-refractivity contribution < 1.29 is 4.42 Å². The summed E-state index contributed by atoms with van der Waals surface area (Å²) in [6, 6.07) is 38.8. The van der Waals surface area contributed by atoms with Gasteiger partial charge in [0.2, 0.25) is 0 Å². The Morgan fingerprint density at radius 1 is 0.609 bits per heavy atom. The average Bonchev–Trinajstić information content (AvgIpc) is 3.58. The third kappa shape index (κ3) is 4.28. The molecule has 0 radical (unpaired) electrons. The molecule has 0 amide bonds. The predicted octanol–water partition coefficient (Wildman–Crippen LogP) is 12.3. The van der Waals surface area contributed by atoms with Gasteiger partial charge in [0.1, 0.15) is 11.2 Å². The Bertz CT molecular complexity index is 2120. The van der Waals surface area contributed by atoms with E-state index < -0.39 is 0 Å². The Balaban J connectivity index is 1.39. The molecule has 1 nitrogen and oxygen atoms in total. The van der Waals surface area contributed by atoms with Gasteiger partial charge in [-0.05, 0) is 73.7 Å². The molecule has 0 saturated carbocycles. The van der Waals surface area contributed by atoms with E-state index in [0.29, 0.717) is 0 Å². The Morgan fingerprint density at radius 2 is 1.24 bits per heavy atom. The second kappa shape index (κ2) is 10.2. The van der Waals surface area contributed by atoms with Crippen LogP contribution < -0.4 is 0 Å². The maximum atomic E-state index is 6.45. The minimum Gasteiger partial charge on any atom is -0.455 e. The van der Waals surface area contributed by atoms with Gasteiger partial charge in [-0.1, -0.05) is 163 Å². The fourth-order valence-corrected chi connectivity index (χ4v) is 8.00. The van der Waals surface area contributed by atoms with E-state index in [0.717, 1.165) is 33.9 Å². The highest BCUT2D eigenvalue weighted by Crippen LogP contribution is 2.59. The molecule has 0 bridgehead atoms. The number of fused-ring (bicyclic) bond motifs is 6. The molecule has 2 aliphatic carbocycles. The molecule has 6 aromatic rings. The number of para-hydroxylation sites is 2. The van der Waals surface area contributed by atoms with Crippen molar-refractivity contribution in [1.82, 2.24) is 0 Å². The van der Waals surface area contributed by atoms with Crippen LogP contribution in [0.25, 0.3) is 44.2 Å². The molecule has 8 rings (SSSR count). The number of hydrogen-bond donors (Lipinski definition) is 0. The lowest BCUT2D eigenvalue weighted by molar-refractivity contribution is 0.454. The van der Waals surface area contributed by atoms with Crippen LogP contribution in [0.4, 0.5) is 0 Å². The zero-order chi connectivity index (χ0) is 31.8. The van der Waals surface area contributed by atoms with Gasteiger partial charge in [0.25, 0.3) is 0 Å². The second-order valence-electron chi connectivity index (χ2n) is 15.3. The van der Waals surface area contributed by atoms with Crippen molar-refractivity contribution in [1.29, 1.82) is 0 Å². The topological polar surface area (TPSA) is 13.1 Å². The monoisotopic (exact) mass is 598 g/mol. The third-order valence-electron chi connectivity index (χ3n) is 10.5. The Labute approximate surface area is 273 Å². The minimum absolute atomic E-state index is 0.0452. The standard InChI is InChI=1S/C45H42O/c1-43(2,3)32-23-25-35-36-26-24-33(44(4,5)6)28-40(36)45(39(35)27-32,30-13-8-7-9-14-30)31-21-19-29(20-22-31)34-16-12-17-38-37-15-10-11-18-41(37)46-42(34)38/h7-13,15-28,30H,14H2,1-6H3. The summed E-state index contributed by atoms with van der Waals surface area (Å²) in [5.74, 6) is 0.285. The van der Waals surface area contributed by atoms with Gasteiger partial charge in [-0.3, -0.25) is 0 Å². The highest BCUT2D eigenvalue weighted by atomic mass is 16.3. The van der Waals surface area contributed by atoms with Gasteiger partial charge in [-0.2, -0.15) is 0 Å². The molecule has 1 unspecified atom stereocenters. The van der Waals surface area contributed by atoms with Crippen molar-refractivity contribution in [2.75, 3.05) is 0 Å². The van der Waals surface area contributed by atoms with E-state index in [2.05, 4.69) is 163 Å². The van der Waals surface area contributed by atoms with Crippen LogP contribution in [0.3, 0.4) is 0 Å². The van der Waals surface area contributed by atoms with Crippen LogP contribution in [0.2, 0.25) is 0 Å². The fourth-order valence-electron chi connectivity index (χ4n) is 8.00. The van der Waals surface area contributed by atoms with Crippen molar-refractivity contribution in [3.63, 3.8) is 0 Å². The summed E-state index contributed by atoms with van der Waals surface area (Å²) in [5, 5.41) is 2.33. The molecule has 5 aromatic carbocycles. The van der Waals surface area contributed by atoms with E-state index in [9.17, 15) is 0 Å². The molecule has 0 N–H and O–H groups in total. The number of furan rings is 1. The Kier molecular flexibility index (Phi) is 6.39. The summed E-state index contributed by atoms with van der Waals surface area (Å²) in [5.41, 5.74) is 13.6. The van der Waals surface area contributed by atoms with E-state index >= 15 is 0 Å². The van der Waals surface area contributed by atoms with Crippen molar-refractivity contribution in [3.05, 3.63) is 155 Å². The number of benzene rings is 5. The molecule has 0 fully saturated rings. The fraction of sp³-hybridized carbons (Fsp3) is 0.244. The van der Waals surface area contributed by atoms with Crippen LogP contribution >= 0.6 is 0 Å². The maximum absolute atomic E-state index is 6.45. The van der Waals surface area contributed by atoms with Crippen molar-refractivity contribution in [2.24, 2.45) is 5.92 Å². The van der Waals surface area contributed by atoms with Gasteiger partial charge < -0.3 is 4.42 Å². The zero-order valence-electron chi connectivity index (χ0n) is 27.8. The highest BCUT2D eigenvalue weighted by Gasteiger charge is 2.49. The van der Waals surface area contributed by atoms with Gasteiger partial charge in [0.05, 0.1) is 5.41 Å². The second-order valence-corrected chi connectivity index (χ2v) is 15.3. The first-order valence-corrected chi connectivity index (χ1v) is 16.7. The molecule has 0 spiro atoms. The zero-order valence-corrected chi connectivity index (χ0v) is 27.8. The van der Waals surface area contributed by atoms with E-state index in [1.165, 1.54) is 44.5 Å². The first kappa shape index (κ1) is 28.8. The lowest BCUT2D eigenvalue weighted by Crippen LogP contribution is -2.36. The highest BCUT2D eigenvalue weighted by molar-refractivity contribution is 6.09. The Hall–Kier alpha value is -4.62. The predicted molar refractivity (Wildman–Crippen MR) is 195 cm³/mol. The molecule has 2 aliphatic rings. The molecular formula is C45H42O. The van der Waals surface area contributed by atoms with Gasteiger partial charge in [0.15, 0.2) is 0 Å². The van der Waals surface area contributed by atoms with E-state index in [1.807, 2.05) is 6.07 Å². The van der Waals surface area contributed by atoms with Crippen LogP contribution in [0.5, 0.6) is 0 Å². The van der Waals surface area contributed by atoms with Crippen LogP contribution in [-0.2, 0) is 16.2 Å². The molecular weight excluding hydrogens is 556 g/mol. The largest absolute Gasteiger partial charge is 0.455 e. The van der Waals surface area contributed by atoms with Crippen LogP contribution in [0.15, 0.2) is 132 Å². The molecule has 1 heterocycles. The summed E-state index contributed by atoms with van der Waals surface area (Å²) in [6.45, 7) is 14.0. The first-order chi connectivity index (χ1) is 22.1. The minimum atomic E-state index is -0.321. The van der Waals surface area contributed by atoms with Crippen LogP contribution in [0.1, 0.15) is 75.8 Å². The molecule has 0 saturated heterocycles. The molecule has 0 aliphatic heterocycles. The lowest BCUT2D eigenvalue weighted by atomic mass is 9.61. The van der Waals surface area contributed by atoms with Crippen molar-refractivity contribution in [2.45, 2.75) is 64.2 Å². The molecule has 228 valence electrons. The van der Waals surface area contributed by atoms with E-state index in [4.69, 9.17) is 4.42 Å². The number of rotatable bonds is 3. The van der Waals surface area contributed by atoms with Crippen molar-refractivity contribution >= 4 is 21.9 Å². The van der Waals surface area contributed by atoms with Gasteiger partial charge >= 0.3 is 0 Å². The maximum Gasteiger partial charge on any atom is 0.143 e. The van der Waals surface area contributed by atoms with Gasteiger partial charge in [-0.15, -0.1) is 0 Å². The average molecular weight is 599 g/mol. The van der Waals surface area contributed by atoms with Crippen molar-refractivity contribution in [3.8, 4) is 22.3 Å². The van der Waals surface area contributed by atoms with Gasteiger partial charge in [0, 0.05) is 16.3 Å². The summed E-state index contributed by atoms with van der Waals surface area (Å²) in [4.78, 5) is 0. The normalized spacial score (nSPS) is 17.0. The molecule has 46 heavy (non-hydrogen) atoms. The number of hydrogen-bond acceptors (Lipinski definition) is 1. The van der Waals surface area contributed by atoms with E-state index in [-0.39, 0.29) is 22.2 Å². The van der Waals surface area contributed by atoms with Gasteiger partial charge in [-0.25, -0.2) is 0 Å². The molecule has 1 atom stereocenters.